The molecule has 0 spiro atoms. The highest BCUT2D eigenvalue weighted by Gasteiger charge is 2.13. The Kier molecular flexibility index (Phi) is 4.60. The number of carbonyl (C=O) groups is 1. The van der Waals surface area contributed by atoms with Gasteiger partial charge in [0.1, 0.15) is 6.61 Å². The number of amides is 1. The molecule has 13 heavy (non-hydrogen) atoms. The Hall–Kier alpha value is -0.770. The molecule has 0 aromatic heterocycles. The average molecular weight is 187 g/mol. The van der Waals surface area contributed by atoms with E-state index in [9.17, 15) is 4.79 Å². The summed E-state index contributed by atoms with van der Waals surface area (Å²) in [5, 5.41) is 0. The first-order valence-electron chi connectivity index (χ1n) is 4.83. The molecule has 0 unspecified atom stereocenters. The van der Waals surface area contributed by atoms with Crippen LogP contribution in [-0.2, 0) is 9.47 Å². The normalized spacial score (nSPS) is 18.5. The summed E-state index contributed by atoms with van der Waals surface area (Å²) >= 11 is 0. The van der Waals surface area contributed by atoms with Gasteiger partial charge in [0.25, 0.3) is 0 Å². The molecule has 0 aromatic carbocycles. The maximum atomic E-state index is 10.2. The molecular weight excluding hydrogens is 170 g/mol. The lowest BCUT2D eigenvalue weighted by atomic mass is 9.98. The fourth-order valence-electron chi connectivity index (χ4n) is 1.59. The summed E-state index contributed by atoms with van der Waals surface area (Å²) in [7, 11) is 0. The van der Waals surface area contributed by atoms with Crippen LogP contribution in [0.4, 0.5) is 4.79 Å². The summed E-state index contributed by atoms with van der Waals surface area (Å²) in [5.41, 5.74) is 4.79. The summed E-state index contributed by atoms with van der Waals surface area (Å²) in [5.74, 6) is 0. The summed E-state index contributed by atoms with van der Waals surface area (Å²) < 4.78 is 10.0. The van der Waals surface area contributed by atoms with E-state index in [4.69, 9.17) is 10.5 Å². The van der Waals surface area contributed by atoms with E-state index in [0.717, 1.165) is 12.8 Å². The largest absolute Gasteiger partial charge is 0.447 e. The van der Waals surface area contributed by atoms with Gasteiger partial charge in [-0.25, -0.2) is 4.79 Å². The average Bonchev–Trinajstić information content (AvgIpc) is 2.14. The Labute approximate surface area is 78.4 Å². The molecule has 0 saturated heterocycles. The fourth-order valence-corrected chi connectivity index (χ4v) is 1.59. The standard InChI is InChI=1S/C9H17NO3/c10-9(11)13-7-6-12-8-4-2-1-3-5-8/h8H,1-7H2,(H2,10,11). The minimum atomic E-state index is -0.729. The molecule has 1 aliphatic rings. The lowest BCUT2D eigenvalue weighted by Crippen LogP contribution is -2.21. The molecule has 1 saturated carbocycles. The van der Waals surface area contributed by atoms with Gasteiger partial charge in [0.2, 0.25) is 0 Å². The number of rotatable bonds is 4. The maximum Gasteiger partial charge on any atom is 0.404 e. The van der Waals surface area contributed by atoms with Crippen molar-refractivity contribution in [2.75, 3.05) is 13.2 Å². The van der Waals surface area contributed by atoms with E-state index in [1.807, 2.05) is 0 Å². The first kappa shape index (κ1) is 10.3. The Bertz CT molecular complexity index is 155. The van der Waals surface area contributed by atoms with Gasteiger partial charge in [-0.05, 0) is 12.8 Å². The molecule has 4 heteroatoms. The van der Waals surface area contributed by atoms with Crippen LogP contribution in [0.5, 0.6) is 0 Å². The van der Waals surface area contributed by atoms with E-state index in [1.165, 1.54) is 19.3 Å². The Morgan fingerprint density at radius 1 is 1.23 bits per heavy atom. The lowest BCUT2D eigenvalue weighted by molar-refractivity contribution is 0.00526. The summed E-state index contributed by atoms with van der Waals surface area (Å²) in [6.45, 7) is 0.736. The maximum absolute atomic E-state index is 10.2. The molecule has 2 N–H and O–H groups in total. The number of carbonyl (C=O) groups excluding carboxylic acids is 1. The number of nitrogens with two attached hydrogens (primary N) is 1. The highest BCUT2D eigenvalue weighted by molar-refractivity contribution is 5.64. The second kappa shape index (κ2) is 5.80. The molecule has 1 amide bonds. The molecule has 1 rings (SSSR count). The van der Waals surface area contributed by atoms with E-state index in [-0.39, 0.29) is 6.61 Å². The molecule has 1 fully saturated rings. The van der Waals surface area contributed by atoms with Crippen molar-refractivity contribution in [3.63, 3.8) is 0 Å². The molecule has 0 bridgehead atoms. The third kappa shape index (κ3) is 4.72. The predicted octanol–water partition coefficient (Wildman–Crippen LogP) is 1.43. The fraction of sp³-hybridized carbons (Fsp3) is 0.889. The lowest BCUT2D eigenvalue weighted by Gasteiger charge is -2.21. The molecule has 0 aromatic rings. The number of ether oxygens (including phenoxy) is 2. The van der Waals surface area contributed by atoms with Crippen molar-refractivity contribution in [2.24, 2.45) is 5.73 Å². The minimum absolute atomic E-state index is 0.270. The molecule has 0 radical (unpaired) electrons. The van der Waals surface area contributed by atoms with Crippen molar-refractivity contribution in [3.05, 3.63) is 0 Å². The Morgan fingerprint density at radius 3 is 2.54 bits per heavy atom. The third-order valence-corrected chi connectivity index (χ3v) is 2.23. The van der Waals surface area contributed by atoms with Crippen molar-refractivity contribution in [3.8, 4) is 0 Å². The summed E-state index contributed by atoms with van der Waals surface area (Å²) in [6, 6.07) is 0. The van der Waals surface area contributed by atoms with E-state index < -0.39 is 6.09 Å². The quantitative estimate of drug-likeness (QED) is 0.677. The summed E-state index contributed by atoms with van der Waals surface area (Å²) in [6.07, 6.45) is 5.73. The van der Waals surface area contributed by atoms with Crippen molar-refractivity contribution in [1.29, 1.82) is 0 Å². The molecule has 4 nitrogen and oxygen atoms in total. The molecule has 1 aliphatic carbocycles. The van der Waals surface area contributed by atoms with Gasteiger partial charge >= 0.3 is 6.09 Å². The van der Waals surface area contributed by atoms with Crippen molar-refractivity contribution < 1.29 is 14.3 Å². The number of primary amides is 1. The van der Waals surface area contributed by atoms with Gasteiger partial charge in [-0.15, -0.1) is 0 Å². The zero-order valence-corrected chi connectivity index (χ0v) is 7.83. The smallest absolute Gasteiger partial charge is 0.404 e. The van der Waals surface area contributed by atoms with Crippen LogP contribution in [0.2, 0.25) is 0 Å². The highest BCUT2D eigenvalue weighted by atomic mass is 16.6. The number of hydrogen-bond acceptors (Lipinski definition) is 3. The SMILES string of the molecule is NC(=O)OCCOC1CCCCC1. The van der Waals surface area contributed by atoms with Crippen LogP contribution in [0.3, 0.4) is 0 Å². The van der Waals surface area contributed by atoms with Gasteiger partial charge in [0.05, 0.1) is 12.7 Å². The van der Waals surface area contributed by atoms with Gasteiger partial charge in [-0.3, -0.25) is 0 Å². The zero-order valence-electron chi connectivity index (χ0n) is 7.83. The van der Waals surface area contributed by atoms with E-state index in [1.54, 1.807) is 0 Å². The van der Waals surface area contributed by atoms with Crippen LogP contribution in [0, 0.1) is 0 Å². The zero-order chi connectivity index (χ0) is 9.52. The topological polar surface area (TPSA) is 61.6 Å². The number of hydrogen-bond donors (Lipinski definition) is 1. The minimum Gasteiger partial charge on any atom is -0.447 e. The van der Waals surface area contributed by atoms with Crippen molar-refractivity contribution in [1.82, 2.24) is 0 Å². The molecule has 0 atom stereocenters. The monoisotopic (exact) mass is 187 g/mol. The van der Waals surface area contributed by atoms with Crippen LogP contribution in [0.15, 0.2) is 0 Å². The first-order valence-corrected chi connectivity index (χ1v) is 4.83. The molecule has 0 aliphatic heterocycles. The van der Waals surface area contributed by atoms with Gasteiger partial charge < -0.3 is 15.2 Å². The van der Waals surface area contributed by atoms with Crippen LogP contribution >= 0.6 is 0 Å². The van der Waals surface area contributed by atoms with Crippen molar-refractivity contribution >= 4 is 6.09 Å². The predicted molar refractivity (Wildman–Crippen MR) is 48.4 cm³/mol. The van der Waals surface area contributed by atoms with E-state index >= 15 is 0 Å². The second-order valence-corrected chi connectivity index (χ2v) is 3.30. The van der Waals surface area contributed by atoms with Crippen LogP contribution in [0.25, 0.3) is 0 Å². The van der Waals surface area contributed by atoms with Crippen molar-refractivity contribution in [2.45, 2.75) is 38.2 Å². The van der Waals surface area contributed by atoms with E-state index in [0.29, 0.717) is 12.7 Å². The highest BCUT2D eigenvalue weighted by Crippen LogP contribution is 2.19. The first-order chi connectivity index (χ1) is 6.29. The Balaban J connectivity index is 1.95. The van der Waals surface area contributed by atoms with Crippen LogP contribution in [-0.4, -0.2) is 25.4 Å². The van der Waals surface area contributed by atoms with Crippen LogP contribution in [0.1, 0.15) is 32.1 Å². The third-order valence-electron chi connectivity index (χ3n) is 2.23. The molecule has 76 valence electrons. The van der Waals surface area contributed by atoms with Gasteiger partial charge in [-0.1, -0.05) is 19.3 Å². The van der Waals surface area contributed by atoms with Gasteiger partial charge in [0, 0.05) is 0 Å². The second-order valence-electron chi connectivity index (χ2n) is 3.30. The van der Waals surface area contributed by atoms with Gasteiger partial charge in [-0.2, -0.15) is 0 Å². The van der Waals surface area contributed by atoms with Crippen LogP contribution < -0.4 is 5.73 Å². The summed E-state index contributed by atoms with van der Waals surface area (Å²) in [4.78, 5) is 10.2. The van der Waals surface area contributed by atoms with E-state index in [2.05, 4.69) is 4.74 Å². The Morgan fingerprint density at radius 2 is 1.92 bits per heavy atom. The molecular formula is C9H17NO3. The molecule has 0 heterocycles. The van der Waals surface area contributed by atoms with Gasteiger partial charge in [0.15, 0.2) is 0 Å².